The molecule has 124 valence electrons. The highest BCUT2D eigenvalue weighted by Crippen LogP contribution is 2.33. The van der Waals surface area contributed by atoms with Gasteiger partial charge in [-0.3, -0.25) is 4.79 Å². The number of carboxylic acid groups (broad SMARTS) is 1. The van der Waals surface area contributed by atoms with Crippen molar-refractivity contribution in [3.63, 3.8) is 0 Å². The lowest BCUT2D eigenvalue weighted by molar-refractivity contribution is -0.120. The van der Waals surface area contributed by atoms with Crippen molar-refractivity contribution >= 4 is 23.6 Å². The zero-order valence-electron chi connectivity index (χ0n) is 13.1. The first-order valence-corrected chi connectivity index (χ1v) is 8.97. The van der Waals surface area contributed by atoms with Gasteiger partial charge in [-0.1, -0.05) is 42.5 Å². The van der Waals surface area contributed by atoms with E-state index in [1.165, 1.54) is 11.8 Å². The number of benzene rings is 2. The summed E-state index contributed by atoms with van der Waals surface area (Å²) in [5, 5.41) is 11.9. The van der Waals surface area contributed by atoms with Gasteiger partial charge in [-0.25, -0.2) is 4.79 Å². The second-order valence-corrected chi connectivity index (χ2v) is 6.98. The molecule has 24 heavy (non-hydrogen) atoms. The van der Waals surface area contributed by atoms with Gasteiger partial charge in [0.2, 0.25) is 5.91 Å². The van der Waals surface area contributed by atoms with Crippen molar-refractivity contribution < 1.29 is 14.7 Å². The maximum atomic E-state index is 12.6. The van der Waals surface area contributed by atoms with E-state index in [1.807, 2.05) is 36.4 Å². The summed E-state index contributed by atoms with van der Waals surface area (Å²) in [6.07, 6.45) is 2.11. The predicted octanol–water partition coefficient (Wildman–Crippen LogP) is 3.64. The first kappa shape index (κ1) is 16.6. The number of thioether (sulfide) groups is 1. The number of carboxylic acids is 1. The molecule has 0 heterocycles. The van der Waals surface area contributed by atoms with Gasteiger partial charge in [-0.05, 0) is 36.1 Å². The molecule has 1 aliphatic carbocycles. The molecule has 0 spiro atoms. The highest BCUT2D eigenvalue weighted by molar-refractivity contribution is 7.99. The first-order valence-electron chi connectivity index (χ1n) is 7.92. The molecular weight excluding hydrogens is 322 g/mol. The van der Waals surface area contributed by atoms with Crippen LogP contribution in [-0.2, 0) is 10.5 Å². The molecule has 2 N–H and O–H groups in total. The van der Waals surface area contributed by atoms with Gasteiger partial charge < -0.3 is 10.4 Å². The number of carbonyl (C=O) groups is 2. The Morgan fingerprint density at radius 1 is 1.12 bits per heavy atom. The normalized spacial score (nSPS) is 14.8. The summed E-state index contributed by atoms with van der Waals surface area (Å²) in [6.45, 7) is 0. The van der Waals surface area contributed by atoms with E-state index in [4.69, 9.17) is 5.11 Å². The average Bonchev–Trinajstić information content (AvgIpc) is 3.40. The van der Waals surface area contributed by atoms with Gasteiger partial charge in [0.1, 0.15) is 5.25 Å². The van der Waals surface area contributed by atoms with Gasteiger partial charge in [0, 0.05) is 11.8 Å². The molecule has 1 atom stereocenters. The van der Waals surface area contributed by atoms with Gasteiger partial charge in [0.25, 0.3) is 0 Å². The van der Waals surface area contributed by atoms with Crippen LogP contribution in [0.5, 0.6) is 0 Å². The van der Waals surface area contributed by atoms with Crippen LogP contribution in [0.25, 0.3) is 0 Å². The molecule has 1 saturated carbocycles. The number of amides is 1. The van der Waals surface area contributed by atoms with Crippen molar-refractivity contribution in [2.45, 2.75) is 29.9 Å². The third-order valence-corrected chi connectivity index (χ3v) is 5.17. The van der Waals surface area contributed by atoms with Crippen molar-refractivity contribution in [1.82, 2.24) is 5.32 Å². The van der Waals surface area contributed by atoms with Crippen LogP contribution in [0.15, 0.2) is 54.6 Å². The van der Waals surface area contributed by atoms with Gasteiger partial charge in [-0.2, -0.15) is 0 Å². The summed E-state index contributed by atoms with van der Waals surface area (Å²) in [5.74, 6) is -0.324. The average molecular weight is 341 g/mol. The van der Waals surface area contributed by atoms with Crippen LogP contribution in [0.2, 0.25) is 0 Å². The maximum absolute atomic E-state index is 12.6. The molecule has 0 aliphatic heterocycles. The monoisotopic (exact) mass is 341 g/mol. The number of nitrogens with one attached hydrogen (secondary N) is 1. The third-order valence-electron chi connectivity index (χ3n) is 3.85. The number of hydrogen-bond donors (Lipinski definition) is 2. The molecule has 5 heteroatoms. The molecule has 0 saturated heterocycles. The molecule has 0 bridgehead atoms. The minimum Gasteiger partial charge on any atom is -0.478 e. The van der Waals surface area contributed by atoms with Crippen LogP contribution in [-0.4, -0.2) is 23.0 Å². The van der Waals surface area contributed by atoms with Crippen LogP contribution >= 0.6 is 11.8 Å². The zero-order chi connectivity index (χ0) is 16.9. The Morgan fingerprint density at radius 2 is 1.88 bits per heavy atom. The lowest BCUT2D eigenvalue weighted by Gasteiger charge is -2.17. The van der Waals surface area contributed by atoms with Crippen LogP contribution < -0.4 is 5.32 Å². The minimum atomic E-state index is -0.937. The molecule has 1 aliphatic rings. The van der Waals surface area contributed by atoms with E-state index < -0.39 is 5.97 Å². The Labute approximate surface area is 145 Å². The fourth-order valence-corrected chi connectivity index (χ4v) is 3.54. The quantitative estimate of drug-likeness (QED) is 0.807. The highest BCUT2D eigenvalue weighted by atomic mass is 32.2. The molecule has 4 nitrogen and oxygen atoms in total. The third kappa shape index (κ3) is 4.38. The molecule has 2 aromatic carbocycles. The number of aromatic carboxylic acids is 1. The molecule has 1 fully saturated rings. The molecule has 1 amide bonds. The molecule has 3 rings (SSSR count). The van der Waals surface area contributed by atoms with E-state index in [0.29, 0.717) is 11.8 Å². The van der Waals surface area contributed by atoms with Gasteiger partial charge in [0.05, 0.1) is 5.56 Å². The topological polar surface area (TPSA) is 66.4 Å². The van der Waals surface area contributed by atoms with Crippen LogP contribution in [0.4, 0.5) is 0 Å². The van der Waals surface area contributed by atoms with Crippen molar-refractivity contribution in [2.24, 2.45) is 0 Å². The fourth-order valence-electron chi connectivity index (χ4n) is 2.43. The van der Waals surface area contributed by atoms with E-state index >= 15 is 0 Å². The largest absolute Gasteiger partial charge is 0.478 e. The number of rotatable bonds is 7. The number of carbonyl (C=O) groups excluding carboxylic acids is 1. The summed E-state index contributed by atoms with van der Waals surface area (Å²) in [7, 11) is 0. The van der Waals surface area contributed by atoms with Gasteiger partial charge in [-0.15, -0.1) is 11.8 Å². The SMILES string of the molecule is O=C(O)c1cccc(CS[C@@H](C(=O)NC2CC2)c2ccccc2)c1. The minimum absolute atomic E-state index is 0.0306. The van der Waals surface area contributed by atoms with Crippen LogP contribution in [0, 0.1) is 0 Å². The Kier molecular flexibility index (Phi) is 5.20. The Hall–Kier alpha value is -2.27. The molecule has 0 unspecified atom stereocenters. The van der Waals surface area contributed by atoms with Crippen LogP contribution in [0.3, 0.4) is 0 Å². The molecule has 0 aromatic heterocycles. The summed E-state index contributed by atoms with van der Waals surface area (Å²) < 4.78 is 0. The summed E-state index contributed by atoms with van der Waals surface area (Å²) >= 11 is 1.52. The van der Waals surface area contributed by atoms with E-state index in [0.717, 1.165) is 24.0 Å². The van der Waals surface area contributed by atoms with Gasteiger partial charge in [0.15, 0.2) is 0 Å². The van der Waals surface area contributed by atoms with E-state index in [-0.39, 0.29) is 16.7 Å². The smallest absolute Gasteiger partial charge is 0.335 e. The Bertz CT molecular complexity index is 728. The summed E-state index contributed by atoms with van der Waals surface area (Å²) in [5.41, 5.74) is 2.14. The van der Waals surface area contributed by atoms with E-state index in [2.05, 4.69) is 5.32 Å². The second-order valence-electron chi connectivity index (χ2n) is 5.89. The Morgan fingerprint density at radius 3 is 2.54 bits per heavy atom. The summed E-state index contributed by atoms with van der Waals surface area (Å²) in [4.78, 5) is 23.6. The lowest BCUT2D eigenvalue weighted by Crippen LogP contribution is -2.29. The lowest BCUT2D eigenvalue weighted by atomic mass is 10.1. The summed E-state index contributed by atoms with van der Waals surface area (Å²) in [6, 6.07) is 16.9. The molecule has 2 aromatic rings. The van der Waals surface area contributed by atoms with Crippen molar-refractivity contribution in [3.8, 4) is 0 Å². The fraction of sp³-hybridized carbons (Fsp3) is 0.263. The maximum Gasteiger partial charge on any atom is 0.335 e. The van der Waals surface area contributed by atoms with E-state index in [9.17, 15) is 9.59 Å². The number of hydrogen-bond acceptors (Lipinski definition) is 3. The Balaban J connectivity index is 1.72. The zero-order valence-corrected chi connectivity index (χ0v) is 14.0. The van der Waals surface area contributed by atoms with Crippen molar-refractivity contribution in [2.75, 3.05) is 0 Å². The van der Waals surface area contributed by atoms with Gasteiger partial charge >= 0.3 is 5.97 Å². The molecular formula is C19H19NO3S. The predicted molar refractivity (Wildman–Crippen MR) is 95.0 cm³/mol. The van der Waals surface area contributed by atoms with Crippen molar-refractivity contribution in [3.05, 3.63) is 71.3 Å². The highest BCUT2D eigenvalue weighted by Gasteiger charge is 2.28. The second kappa shape index (κ2) is 7.53. The van der Waals surface area contributed by atoms with E-state index in [1.54, 1.807) is 18.2 Å². The van der Waals surface area contributed by atoms with Crippen molar-refractivity contribution in [1.29, 1.82) is 0 Å². The van der Waals surface area contributed by atoms with Crippen LogP contribution in [0.1, 0.15) is 39.6 Å². The standard InChI is InChI=1S/C19H19NO3S/c21-18(20-16-9-10-16)17(14-6-2-1-3-7-14)24-12-13-5-4-8-15(11-13)19(22)23/h1-8,11,16-17H,9-10,12H2,(H,20,21)(H,22,23)/t17-/m1/s1. The molecule has 0 radical (unpaired) electrons. The first-order chi connectivity index (χ1) is 11.6.